The smallest absolute Gasteiger partial charge is 0.162 e. The highest BCUT2D eigenvalue weighted by Gasteiger charge is 2.07. The van der Waals surface area contributed by atoms with Crippen LogP contribution in [0, 0.1) is 0 Å². The monoisotopic (exact) mass is 247 g/mol. The van der Waals surface area contributed by atoms with Crippen LogP contribution in [0.25, 0.3) is 0 Å². The number of benzene rings is 1. The lowest BCUT2D eigenvalue weighted by atomic mass is 10.1. The van der Waals surface area contributed by atoms with Crippen LogP contribution in [0.15, 0.2) is 24.3 Å². The van der Waals surface area contributed by atoms with Crippen LogP contribution >= 0.6 is 0 Å². The van der Waals surface area contributed by atoms with E-state index in [1.807, 2.05) is 19.1 Å². The van der Waals surface area contributed by atoms with E-state index >= 15 is 0 Å². The minimum atomic E-state index is 0.251. The highest BCUT2D eigenvalue weighted by Crippen LogP contribution is 2.17. The van der Waals surface area contributed by atoms with E-state index in [4.69, 9.17) is 0 Å². The molecular weight excluding hydrogens is 222 g/mol. The Bertz CT molecular complexity index is 350. The summed E-state index contributed by atoms with van der Waals surface area (Å²) in [6.07, 6.45) is 3.86. The van der Waals surface area contributed by atoms with Crippen molar-refractivity contribution in [3.8, 4) is 0 Å². The van der Waals surface area contributed by atoms with Gasteiger partial charge in [0.1, 0.15) is 0 Å². The number of nitrogens with zero attached hydrogens (tertiary/aromatic N) is 1. The van der Waals surface area contributed by atoms with E-state index in [1.165, 1.54) is 5.69 Å². The van der Waals surface area contributed by atoms with Gasteiger partial charge in [0.2, 0.25) is 0 Å². The molecule has 100 valence electrons. The van der Waals surface area contributed by atoms with Crippen molar-refractivity contribution in [1.29, 1.82) is 0 Å². The van der Waals surface area contributed by atoms with Crippen molar-refractivity contribution in [3.63, 3.8) is 0 Å². The van der Waals surface area contributed by atoms with Crippen molar-refractivity contribution >= 4 is 11.5 Å². The van der Waals surface area contributed by atoms with Crippen molar-refractivity contribution in [2.75, 3.05) is 18.0 Å². The Kier molecular flexibility index (Phi) is 6.48. The molecule has 1 rings (SSSR count). The van der Waals surface area contributed by atoms with Gasteiger partial charge in [0.25, 0.3) is 0 Å². The number of ketones is 1. The van der Waals surface area contributed by atoms with Gasteiger partial charge in [-0.25, -0.2) is 0 Å². The first-order valence-corrected chi connectivity index (χ1v) is 7.11. The number of hydrogen-bond acceptors (Lipinski definition) is 2. The summed E-state index contributed by atoms with van der Waals surface area (Å²) >= 11 is 0. The molecule has 0 radical (unpaired) electrons. The molecule has 2 heteroatoms. The maximum absolute atomic E-state index is 11.8. The Hall–Kier alpha value is -1.31. The molecule has 0 bridgehead atoms. The molecule has 0 N–H and O–H groups in total. The molecule has 0 unspecified atom stereocenters. The summed E-state index contributed by atoms with van der Waals surface area (Å²) in [4.78, 5) is 14.1. The minimum Gasteiger partial charge on any atom is -0.372 e. The van der Waals surface area contributed by atoms with Crippen molar-refractivity contribution in [2.45, 2.75) is 46.5 Å². The molecule has 0 aliphatic carbocycles. The first-order valence-electron chi connectivity index (χ1n) is 7.11. The van der Waals surface area contributed by atoms with E-state index in [-0.39, 0.29) is 5.78 Å². The van der Waals surface area contributed by atoms with Gasteiger partial charge >= 0.3 is 0 Å². The largest absolute Gasteiger partial charge is 0.372 e. The summed E-state index contributed by atoms with van der Waals surface area (Å²) in [5.74, 6) is 0.251. The maximum Gasteiger partial charge on any atom is 0.162 e. The van der Waals surface area contributed by atoms with Crippen LogP contribution in [0.4, 0.5) is 5.69 Å². The fraction of sp³-hybridized carbons (Fsp3) is 0.562. The third kappa shape index (κ3) is 4.17. The molecule has 1 aromatic rings. The number of Topliss-reactive ketones (excluding diaryl/α,β-unsaturated/α-hetero) is 1. The average Bonchev–Trinajstić information content (AvgIpc) is 2.39. The van der Waals surface area contributed by atoms with E-state index < -0.39 is 0 Å². The van der Waals surface area contributed by atoms with E-state index in [9.17, 15) is 4.79 Å². The van der Waals surface area contributed by atoms with Gasteiger partial charge in [0.05, 0.1) is 0 Å². The number of anilines is 1. The van der Waals surface area contributed by atoms with Crippen LogP contribution in [0.2, 0.25) is 0 Å². The summed E-state index contributed by atoms with van der Waals surface area (Å²) in [5.41, 5.74) is 2.07. The van der Waals surface area contributed by atoms with Crippen LogP contribution in [0.3, 0.4) is 0 Å². The van der Waals surface area contributed by atoms with Gasteiger partial charge in [-0.05, 0) is 43.5 Å². The van der Waals surface area contributed by atoms with Crippen LogP contribution < -0.4 is 4.90 Å². The summed E-state index contributed by atoms with van der Waals surface area (Å²) in [5, 5.41) is 0. The molecule has 0 atom stereocenters. The molecule has 0 saturated carbocycles. The summed E-state index contributed by atoms with van der Waals surface area (Å²) in [7, 11) is 0. The van der Waals surface area contributed by atoms with Gasteiger partial charge in [-0.3, -0.25) is 4.79 Å². The summed E-state index contributed by atoms with van der Waals surface area (Å²) in [6, 6.07) is 8.08. The predicted molar refractivity (Wildman–Crippen MR) is 78.5 cm³/mol. The zero-order valence-electron chi connectivity index (χ0n) is 11.9. The lowest BCUT2D eigenvalue weighted by Gasteiger charge is -2.23. The normalized spacial score (nSPS) is 10.4. The third-order valence-electron chi connectivity index (χ3n) is 3.02. The van der Waals surface area contributed by atoms with E-state index in [0.29, 0.717) is 6.42 Å². The van der Waals surface area contributed by atoms with E-state index in [1.54, 1.807) is 0 Å². The Balaban J connectivity index is 2.76. The zero-order valence-corrected chi connectivity index (χ0v) is 11.9. The van der Waals surface area contributed by atoms with Gasteiger partial charge in [-0.15, -0.1) is 0 Å². The molecular formula is C16H25NO. The Morgan fingerprint density at radius 1 is 0.944 bits per heavy atom. The van der Waals surface area contributed by atoms with Gasteiger partial charge < -0.3 is 4.90 Å². The Labute approximate surface area is 111 Å². The standard InChI is InChI=1S/C16H25NO/c1-4-7-16(18)14-8-10-15(11-9-14)17(12-5-2)13-6-3/h8-11H,4-7,12-13H2,1-3H3. The summed E-state index contributed by atoms with van der Waals surface area (Å²) < 4.78 is 0. The van der Waals surface area contributed by atoms with Gasteiger partial charge in [0, 0.05) is 30.8 Å². The Morgan fingerprint density at radius 3 is 1.94 bits per heavy atom. The lowest BCUT2D eigenvalue weighted by Crippen LogP contribution is -2.24. The fourth-order valence-electron chi connectivity index (χ4n) is 2.14. The molecule has 0 aliphatic rings. The molecule has 1 aromatic carbocycles. The molecule has 0 spiro atoms. The van der Waals surface area contributed by atoms with Crippen LogP contribution in [0.1, 0.15) is 56.8 Å². The van der Waals surface area contributed by atoms with E-state index in [0.717, 1.165) is 37.9 Å². The molecule has 0 amide bonds. The molecule has 0 heterocycles. The topological polar surface area (TPSA) is 20.3 Å². The zero-order chi connectivity index (χ0) is 13.4. The molecule has 0 aromatic heterocycles. The first-order chi connectivity index (χ1) is 8.72. The minimum absolute atomic E-state index is 0.251. The van der Waals surface area contributed by atoms with Crippen molar-refractivity contribution < 1.29 is 4.79 Å². The second kappa shape index (κ2) is 7.91. The van der Waals surface area contributed by atoms with Crippen LogP contribution in [-0.2, 0) is 0 Å². The molecule has 0 fully saturated rings. The lowest BCUT2D eigenvalue weighted by molar-refractivity contribution is 0.0982. The van der Waals surface area contributed by atoms with Crippen LogP contribution in [-0.4, -0.2) is 18.9 Å². The Morgan fingerprint density at radius 2 is 1.50 bits per heavy atom. The summed E-state index contributed by atoms with van der Waals surface area (Å²) in [6.45, 7) is 8.59. The average molecular weight is 247 g/mol. The number of hydrogen-bond donors (Lipinski definition) is 0. The molecule has 18 heavy (non-hydrogen) atoms. The van der Waals surface area contributed by atoms with Gasteiger partial charge in [-0.2, -0.15) is 0 Å². The molecule has 0 saturated heterocycles. The van der Waals surface area contributed by atoms with Crippen molar-refractivity contribution in [3.05, 3.63) is 29.8 Å². The quantitative estimate of drug-likeness (QED) is 0.638. The fourth-order valence-corrected chi connectivity index (χ4v) is 2.14. The highest BCUT2D eigenvalue weighted by molar-refractivity contribution is 5.96. The molecule has 0 aliphatic heterocycles. The van der Waals surface area contributed by atoms with E-state index in [2.05, 4.69) is 30.9 Å². The van der Waals surface area contributed by atoms with Crippen molar-refractivity contribution in [2.24, 2.45) is 0 Å². The third-order valence-corrected chi connectivity index (χ3v) is 3.02. The highest BCUT2D eigenvalue weighted by atomic mass is 16.1. The van der Waals surface area contributed by atoms with Gasteiger partial charge in [0.15, 0.2) is 5.78 Å². The number of rotatable bonds is 8. The van der Waals surface area contributed by atoms with Gasteiger partial charge in [-0.1, -0.05) is 20.8 Å². The first kappa shape index (κ1) is 14.7. The second-order valence-electron chi connectivity index (χ2n) is 4.71. The maximum atomic E-state index is 11.8. The SMILES string of the molecule is CCCC(=O)c1ccc(N(CCC)CCC)cc1. The predicted octanol–water partition coefficient (Wildman–Crippen LogP) is 4.30. The second-order valence-corrected chi connectivity index (χ2v) is 4.71. The van der Waals surface area contributed by atoms with Crippen LogP contribution in [0.5, 0.6) is 0 Å². The number of carbonyl (C=O) groups excluding carboxylic acids is 1. The molecule has 2 nitrogen and oxygen atoms in total. The number of carbonyl (C=O) groups is 1. The van der Waals surface area contributed by atoms with Crippen molar-refractivity contribution in [1.82, 2.24) is 0 Å².